The molecule has 16 heavy (non-hydrogen) atoms. The minimum absolute atomic E-state index is 0.340. The van der Waals surface area contributed by atoms with Crippen LogP contribution in [0, 0.1) is 5.82 Å². The van der Waals surface area contributed by atoms with Crippen LogP contribution in [-0.2, 0) is 0 Å². The molecule has 1 heterocycles. The number of halogens is 2. The van der Waals surface area contributed by atoms with Crippen LogP contribution in [-0.4, -0.2) is 15.0 Å². The molecule has 1 saturated carbocycles. The van der Waals surface area contributed by atoms with Crippen LogP contribution in [0.1, 0.15) is 24.5 Å². The standard InChI is InChI=1S/C11H9ClFN3/c12-8-3-4-9(13)11(5-8)16-6-10(14-15-16)7-1-2-7/h3-7H,1-2H2. The molecule has 1 aromatic heterocycles. The first-order valence-electron chi connectivity index (χ1n) is 5.12. The van der Waals surface area contributed by atoms with Crippen molar-refractivity contribution in [3.05, 3.63) is 40.9 Å². The summed E-state index contributed by atoms with van der Waals surface area (Å²) in [6.45, 7) is 0. The second-order valence-corrected chi connectivity index (χ2v) is 4.39. The first kappa shape index (κ1) is 9.78. The summed E-state index contributed by atoms with van der Waals surface area (Å²) >= 11 is 5.82. The van der Waals surface area contributed by atoms with Crippen LogP contribution >= 0.6 is 11.6 Å². The third-order valence-corrected chi connectivity index (χ3v) is 2.90. The van der Waals surface area contributed by atoms with Crippen molar-refractivity contribution in [3.63, 3.8) is 0 Å². The van der Waals surface area contributed by atoms with E-state index in [2.05, 4.69) is 10.3 Å². The molecule has 2 aromatic rings. The number of aromatic nitrogens is 3. The van der Waals surface area contributed by atoms with Crippen LogP contribution in [0.2, 0.25) is 5.02 Å². The average Bonchev–Trinajstić information content (AvgIpc) is 3.01. The van der Waals surface area contributed by atoms with Crippen LogP contribution in [0.5, 0.6) is 0 Å². The highest BCUT2D eigenvalue weighted by Gasteiger charge is 2.26. The van der Waals surface area contributed by atoms with Crippen LogP contribution in [0.25, 0.3) is 5.69 Å². The Labute approximate surface area is 96.8 Å². The molecule has 5 heteroatoms. The Hall–Kier alpha value is -1.42. The number of hydrogen-bond donors (Lipinski definition) is 0. The Bertz CT molecular complexity index is 534. The van der Waals surface area contributed by atoms with E-state index in [0.717, 1.165) is 18.5 Å². The maximum atomic E-state index is 13.5. The summed E-state index contributed by atoms with van der Waals surface area (Å²) in [7, 11) is 0. The average molecular weight is 238 g/mol. The zero-order valence-corrected chi connectivity index (χ0v) is 9.15. The first-order valence-corrected chi connectivity index (χ1v) is 5.49. The maximum absolute atomic E-state index is 13.5. The molecular formula is C11H9ClFN3. The first-order chi connectivity index (χ1) is 7.74. The summed E-state index contributed by atoms with van der Waals surface area (Å²) < 4.78 is 15.0. The second-order valence-electron chi connectivity index (χ2n) is 3.96. The fourth-order valence-corrected chi connectivity index (χ4v) is 1.79. The van der Waals surface area contributed by atoms with Gasteiger partial charge in [0.25, 0.3) is 0 Å². The Morgan fingerprint density at radius 3 is 2.94 bits per heavy atom. The highest BCUT2D eigenvalue weighted by Crippen LogP contribution is 2.38. The Morgan fingerprint density at radius 1 is 1.38 bits per heavy atom. The van der Waals surface area contributed by atoms with E-state index in [1.54, 1.807) is 12.3 Å². The van der Waals surface area contributed by atoms with Crippen LogP contribution in [0.4, 0.5) is 4.39 Å². The van der Waals surface area contributed by atoms with Gasteiger partial charge in [-0.3, -0.25) is 0 Å². The summed E-state index contributed by atoms with van der Waals surface area (Å²) in [5.74, 6) is 0.160. The van der Waals surface area contributed by atoms with Gasteiger partial charge in [-0.2, -0.15) is 0 Å². The van der Waals surface area contributed by atoms with Gasteiger partial charge in [0, 0.05) is 10.9 Å². The molecule has 0 bridgehead atoms. The lowest BCUT2D eigenvalue weighted by atomic mass is 10.3. The largest absolute Gasteiger partial charge is 0.217 e. The molecule has 3 rings (SSSR count). The molecule has 0 aliphatic heterocycles. The molecule has 0 radical (unpaired) electrons. The molecule has 1 aliphatic carbocycles. The summed E-state index contributed by atoms with van der Waals surface area (Å²) in [5.41, 5.74) is 1.27. The quantitative estimate of drug-likeness (QED) is 0.804. The van der Waals surface area contributed by atoms with Crippen molar-refractivity contribution in [1.82, 2.24) is 15.0 Å². The third-order valence-electron chi connectivity index (χ3n) is 2.66. The monoisotopic (exact) mass is 237 g/mol. The van der Waals surface area contributed by atoms with Gasteiger partial charge in [-0.05, 0) is 31.0 Å². The van der Waals surface area contributed by atoms with E-state index in [1.807, 2.05) is 0 Å². The van der Waals surface area contributed by atoms with Crippen molar-refractivity contribution >= 4 is 11.6 Å². The second kappa shape index (κ2) is 3.56. The molecule has 1 fully saturated rings. The normalized spacial score (nSPS) is 15.4. The van der Waals surface area contributed by atoms with Crippen molar-refractivity contribution in [2.75, 3.05) is 0 Å². The highest BCUT2D eigenvalue weighted by atomic mass is 35.5. The number of nitrogens with zero attached hydrogens (tertiary/aromatic N) is 3. The van der Waals surface area contributed by atoms with E-state index in [9.17, 15) is 4.39 Å². The summed E-state index contributed by atoms with van der Waals surface area (Å²) in [4.78, 5) is 0. The van der Waals surface area contributed by atoms with Gasteiger partial charge in [-0.15, -0.1) is 5.10 Å². The van der Waals surface area contributed by atoms with Gasteiger partial charge >= 0.3 is 0 Å². The van der Waals surface area contributed by atoms with E-state index in [-0.39, 0.29) is 5.82 Å². The molecule has 1 aliphatic rings. The lowest BCUT2D eigenvalue weighted by Crippen LogP contribution is -1.98. The van der Waals surface area contributed by atoms with E-state index >= 15 is 0 Å². The molecule has 82 valence electrons. The molecule has 0 saturated heterocycles. The zero-order chi connectivity index (χ0) is 11.1. The molecular weight excluding hydrogens is 229 g/mol. The molecule has 3 nitrogen and oxygen atoms in total. The van der Waals surface area contributed by atoms with Gasteiger partial charge in [0.2, 0.25) is 0 Å². The van der Waals surface area contributed by atoms with Crippen molar-refractivity contribution < 1.29 is 4.39 Å². The van der Waals surface area contributed by atoms with Gasteiger partial charge in [0.15, 0.2) is 0 Å². The SMILES string of the molecule is Fc1ccc(Cl)cc1-n1cc(C2CC2)nn1. The summed E-state index contributed by atoms with van der Waals surface area (Å²) in [6, 6.07) is 4.39. The van der Waals surface area contributed by atoms with Gasteiger partial charge in [-0.1, -0.05) is 16.8 Å². The minimum atomic E-state index is -0.350. The minimum Gasteiger partial charge on any atom is -0.217 e. The third kappa shape index (κ3) is 1.69. The smallest absolute Gasteiger partial charge is 0.149 e. The number of benzene rings is 1. The Morgan fingerprint density at radius 2 is 2.19 bits per heavy atom. The van der Waals surface area contributed by atoms with Gasteiger partial charge in [0.1, 0.15) is 11.5 Å². The Kier molecular flexibility index (Phi) is 2.17. The topological polar surface area (TPSA) is 30.7 Å². The molecule has 1 aromatic carbocycles. The number of rotatable bonds is 2. The molecule has 0 N–H and O–H groups in total. The summed E-state index contributed by atoms with van der Waals surface area (Å²) in [6.07, 6.45) is 4.07. The van der Waals surface area contributed by atoms with E-state index < -0.39 is 0 Å². The predicted molar refractivity (Wildman–Crippen MR) is 58.3 cm³/mol. The van der Waals surface area contributed by atoms with Gasteiger partial charge in [0.05, 0.1) is 11.9 Å². The van der Waals surface area contributed by atoms with E-state index in [0.29, 0.717) is 16.6 Å². The lowest BCUT2D eigenvalue weighted by molar-refractivity contribution is 0.607. The maximum Gasteiger partial charge on any atom is 0.149 e. The predicted octanol–water partition coefficient (Wildman–Crippen LogP) is 2.94. The van der Waals surface area contributed by atoms with E-state index in [4.69, 9.17) is 11.6 Å². The zero-order valence-electron chi connectivity index (χ0n) is 8.40. The van der Waals surface area contributed by atoms with Crippen molar-refractivity contribution in [2.45, 2.75) is 18.8 Å². The van der Waals surface area contributed by atoms with Crippen molar-refractivity contribution in [2.24, 2.45) is 0 Å². The van der Waals surface area contributed by atoms with Crippen LogP contribution in [0.15, 0.2) is 24.4 Å². The van der Waals surface area contributed by atoms with E-state index in [1.165, 1.54) is 16.8 Å². The molecule has 0 unspecified atom stereocenters. The van der Waals surface area contributed by atoms with Crippen molar-refractivity contribution in [3.8, 4) is 5.69 Å². The molecule has 0 spiro atoms. The highest BCUT2D eigenvalue weighted by molar-refractivity contribution is 6.30. The molecule has 0 amide bonds. The number of hydrogen-bond acceptors (Lipinski definition) is 2. The summed E-state index contributed by atoms with van der Waals surface area (Å²) in [5, 5.41) is 8.43. The van der Waals surface area contributed by atoms with Crippen LogP contribution < -0.4 is 0 Å². The Balaban J connectivity index is 2.03. The lowest BCUT2D eigenvalue weighted by Gasteiger charge is -2.01. The van der Waals surface area contributed by atoms with Gasteiger partial charge < -0.3 is 0 Å². The fraction of sp³-hybridized carbons (Fsp3) is 0.273. The van der Waals surface area contributed by atoms with Crippen molar-refractivity contribution in [1.29, 1.82) is 0 Å². The van der Waals surface area contributed by atoms with Gasteiger partial charge in [-0.25, -0.2) is 9.07 Å². The molecule has 0 atom stereocenters. The fourth-order valence-electron chi connectivity index (χ4n) is 1.62. The van der Waals surface area contributed by atoms with Crippen LogP contribution in [0.3, 0.4) is 0 Å².